The number of para-hydroxylation sites is 1. The van der Waals surface area contributed by atoms with Crippen molar-refractivity contribution in [2.45, 2.75) is 19.8 Å². The molecule has 2 aromatic rings. The van der Waals surface area contributed by atoms with Crippen LogP contribution in [0.25, 0.3) is 11.0 Å². The molecule has 1 amide bonds. The summed E-state index contributed by atoms with van der Waals surface area (Å²) in [6, 6.07) is 7.54. The Kier molecular flexibility index (Phi) is 4.58. The van der Waals surface area contributed by atoms with Crippen LogP contribution in [0.2, 0.25) is 0 Å². The highest BCUT2D eigenvalue weighted by molar-refractivity contribution is 6.05. The first-order valence-electron chi connectivity index (χ1n) is 6.70. The Labute approximate surface area is 113 Å². The number of benzene rings is 1. The molecule has 4 nitrogen and oxygen atoms in total. The first-order chi connectivity index (χ1) is 9.26. The molecular weight excluding hydrogens is 240 g/mol. The summed E-state index contributed by atoms with van der Waals surface area (Å²) in [6.07, 6.45) is 3.47. The average molecular weight is 260 g/mol. The molecule has 0 radical (unpaired) electrons. The van der Waals surface area contributed by atoms with Gasteiger partial charge in [-0.2, -0.15) is 0 Å². The first-order valence-corrected chi connectivity index (χ1v) is 6.70. The molecule has 0 aliphatic carbocycles. The number of carbonyl (C=O) groups is 1. The van der Waals surface area contributed by atoms with Crippen molar-refractivity contribution in [2.75, 3.05) is 13.1 Å². The predicted octanol–water partition coefficient (Wildman–Crippen LogP) is 2.54. The summed E-state index contributed by atoms with van der Waals surface area (Å²) < 4.78 is 5.37. The van der Waals surface area contributed by atoms with Gasteiger partial charge in [-0.1, -0.05) is 31.5 Å². The standard InChI is InChI=1S/C15H20N2O2/c1-2-11(7-8-16)9-17-15(18)13-10-19-14-6-4-3-5-12(13)14/h3-6,10-11H,2,7-9,16H2,1H3,(H,17,18). The Bertz CT molecular complexity index is 548. The number of furan rings is 1. The second kappa shape index (κ2) is 6.38. The lowest BCUT2D eigenvalue weighted by Crippen LogP contribution is -2.29. The maximum absolute atomic E-state index is 12.1. The molecule has 3 N–H and O–H groups in total. The number of carbonyl (C=O) groups excluding carboxylic acids is 1. The van der Waals surface area contributed by atoms with Crippen LogP contribution in [-0.2, 0) is 0 Å². The zero-order chi connectivity index (χ0) is 13.7. The molecule has 0 spiro atoms. The second-order valence-electron chi connectivity index (χ2n) is 4.71. The summed E-state index contributed by atoms with van der Waals surface area (Å²) in [5.41, 5.74) is 6.89. The summed E-state index contributed by atoms with van der Waals surface area (Å²) in [7, 11) is 0. The minimum Gasteiger partial charge on any atom is -0.463 e. The van der Waals surface area contributed by atoms with Crippen LogP contribution in [0, 0.1) is 5.92 Å². The number of amides is 1. The van der Waals surface area contributed by atoms with Crippen LogP contribution in [0.5, 0.6) is 0 Å². The van der Waals surface area contributed by atoms with Gasteiger partial charge in [-0.25, -0.2) is 0 Å². The predicted molar refractivity (Wildman–Crippen MR) is 76.0 cm³/mol. The topological polar surface area (TPSA) is 68.3 Å². The van der Waals surface area contributed by atoms with Gasteiger partial charge in [0.1, 0.15) is 11.8 Å². The van der Waals surface area contributed by atoms with Gasteiger partial charge in [-0.15, -0.1) is 0 Å². The van der Waals surface area contributed by atoms with Gasteiger partial charge < -0.3 is 15.5 Å². The molecule has 19 heavy (non-hydrogen) atoms. The van der Waals surface area contributed by atoms with Crippen molar-refractivity contribution >= 4 is 16.9 Å². The lowest BCUT2D eigenvalue weighted by molar-refractivity contribution is 0.0947. The Morgan fingerprint density at radius 1 is 1.42 bits per heavy atom. The van der Waals surface area contributed by atoms with E-state index in [2.05, 4.69) is 12.2 Å². The van der Waals surface area contributed by atoms with Crippen molar-refractivity contribution in [2.24, 2.45) is 11.7 Å². The third kappa shape index (κ3) is 3.15. The highest BCUT2D eigenvalue weighted by Crippen LogP contribution is 2.20. The van der Waals surface area contributed by atoms with E-state index in [1.54, 1.807) is 0 Å². The quantitative estimate of drug-likeness (QED) is 0.838. The van der Waals surface area contributed by atoms with E-state index in [1.807, 2.05) is 24.3 Å². The van der Waals surface area contributed by atoms with Crippen molar-refractivity contribution in [1.29, 1.82) is 0 Å². The molecule has 1 aromatic heterocycles. The van der Waals surface area contributed by atoms with Gasteiger partial charge in [0.05, 0.1) is 5.56 Å². The monoisotopic (exact) mass is 260 g/mol. The number of hydrogen-bond acceptors (Lipinski definition) is 3. The minimum atomic E-state index is -0.0829. The third-order valence-corrected chi connectivity index (χ3v) is 3.43. The first kappa shape index (κ1) is 13.6. The molecule has 0 aliphatic heterocycles. The van der Waals surface area contributed by atoms with Crippen LogP contribution in [-0.4, -0.2) is 19.0 Å². The van der Waals surface area contributed by atoms with Crippen molar-refractivity contribution in [1.82, 2.24) is 5.32 Å². The molecule has 1 unspecified atom stereocenters. The summed E-state index contributed by atoms with van der Waals surface area (Å²) in [4.78, 5) is 12.1. The molecule has 102 valence electrons. The molecule has 0 saturated carbocycles. The maximum atomic E-state index is 12.1. The van der Waals surface area contributed by atoms with E-state index in [0.717, 1.165) is 23.8 Å². The fourth-order valence-electron chi connectivity index (χ4n) is 2.17. The van der Waals surface area contributed by atoms with Crippen molar-refractivity contribution < 1.29 is 9.21 Å². The van der Waals surface area contributed by atoms with E-state index in [4.69, 9.17) is 10.2 Å². The molecule has 1 heterocycles. The summed E-state index contributed by atoms with van der Waals surface area (Å²) >= 11 is 0. The normalized spacial score (nSPS) is 12.5. The van der Waals surface area contributed by atoms with Gasteiger partial charge in [0.15, 0.2) is 0 Å². The third-order valence-electron chi connectivity index (χ3n) is 3.43. The van der Waals surface area contributed by atoms with Gasteiger partial charge in [0.2, 0.25) is 0 Å². The molecule has 0 fully saturated rings. The largest absolute Gasteiger partial charge is 0.463 e. The zero-order valence-electron chi connectivity index (χ0n) is 11.2. The molecule has 4 heteroatoms. The number of fused-ring (bicyclic) bond motifs is 1. The fourth-order valence-corrected chi connectivity index (χ4v) is 2.17. The summed E-state index contributed by atoms with van der Waals surface area (Å²) in [5.74, 6) is 0.354. The average Bonchev–Trinajstić information content (AvgIpc) is 2.87. The highest BCUT2D eigenvalue weighted by Gasteiger charge is 2.14. The minimum absolute atomic E-state index is 0.0829. The van der Waals surface area contributed by atoms with Gasteiger partial charge in [-0.3, -0.25) is 4.79 Å². The lowest BCUT2D eigenvalue weighted by atomic mass is 10.0. The Morgan fingerprint density at radius 3 is 2.95 bits per heavy atom. The van der Waals surface area contributed by atoms with Crippen LogP contribution in [0.1, 0.15) is 30.1 Å². The fraction of sp³-hybridized carbons (Fsp3) is 0.400. The van der Waals surface area contributed by atoms with Crippen LogP contribution >= 0.6 is 0 Å². The Morgan fingerprint density at radius 2 is 2.21 bits per heavy atom. The van der Waals surface area contributed by atoms with Crippen LogP contribution in [0.15, 0.2) is 34.9 Å². The van der Waals surface area contributed by atoms with Gasteiger partial charge in [0.25, 0.3) is 5.91 Å². The number of nitrogens with two attached hydrogens (primary N) is 1. The molecule has 1 atom stereocenters. The second-order valence-corrected chi connectivity index (χ2v) is 4.71. The Balaban J connectivity index is 2.04. The van der Waals surface area contributed by atoms with Crippen LogP contribution in [0.4, 0.5) is 0 Å². The lowest BCUT2D eigenvalue weighted by Gasteiger charge is -2.14. The van der Waals surface area contributed by atoms with E-state index >= 15 is 0 Å². The molecule has 0 aliphatic rings. The van der Waals surface area contributed by atoms with Crippen LogP contribution in [0.3, 0.4) is 0 Å². The Hall–Kier alpha value is -1.81. The number of rotatable bonds is 6. The number of nitrogens with one attached hydrogen (secondary N) is 1. The molecule has 0 saturated heterocycles. The maximum Gasteiger partial charge on any atom is 0.255 e. The SMILES string of the molecule is CCC(CCN)CNC(=O)c1coc2ccccc12. The highest BCUT2D eigenvalue weighted by atomic mass is 16.3. The van der Waals surface area contributed by atoms with Crippen molar-refractivity contribution in [3.05, 3.63) is 36.1 Å². The van der Waals surface area contributed by atoms with Gasteiger partial charge >= 0.3 is 0 Å². The van der Waals surface area contributed by atoms with Gasteiger partial charge in [0, 0.05) is 11.9 Å². The summed E-state index contributed by atoms with van der Waals surface area (Å²) in [6.45, 7) is 3.43. The van der Waals surface area contributed by atoms with E-state index in [-0.39, 0.29) is 5.91 Å². The molecule has 0 bridgehead atoms. The van der Waals surface area contributed by atoms with E-state index in [1.165, 1.54) is 6.26 Å². The van der Waals surface area contributed by atoms with Crippen molar-refractivity contribution in [3.63, 3.8) is 0 Å². The van der Waals surface area contributed by atoms with E-state index in [0.29, 0.717) is 24.6 Å². The smallest absolute Gasteiger partial charge is 0.255 e. The molecule has 1 aromatic carbocycles. The number of hydrogen-bond donors (Lipinski definition) is 2. The molecular formula is C15H20N2O2. The zero-order valence-corrected chi connectivity index (χ0v) is 11.2. The summed E-state index contributed by atoms with van der Waals surface area (Å²) in [5, 5.41) is 3.81. The van der Waals surface area contributed by atoms with Crippen LogP contribution < -0.4 is 11.1 Å². The van der Waals surface area contributed by atoms with Crippen molar-refractivity contribution in [3.8, 4) is 0 Å². The van der Waals surface area contributed by atoms with E-state index in [9.17, 15) is 4.79 Å². The molecule has 2 rings (SSSR count). The van der Waals surface area contributed by atoms with E-state index < -0.39 is 0 Å². The van der Waals surface area contributed by atoms with Gasteiger partial charge in [-0.05, 0) is 24.9 Å².